The molecule has 6 saturated heterocycles. The van der Waals surface area contributed by atoms with Crippen molar-refractivity contribution >= 4 is 23.7 Å². The summed E-state index contributed by atoms with van der Waals surface area (Å²) in [6, 6.07) is 13.7. The second-order valence-corrected chi connectivity index (χ2v) is 12.1. The van der Waals surface area contributed by atoms with Gasteiger partial charge in [-0.15, -0.1) is 0 Å². The first-order valence-electron chi connectivity index (χ1n) is 14.6. The Balaban J connectivity index is 1.02. The normalized spacial score (nSPS) is 24.5. The molecule has 42 heavy (non-hydrogen) atoms. The maximum atomic E-state index is 9.81. The lowest BCUT2D eigenvalue weighted by Crippen LogP contribution is -2.68. The summed E-state index contributed by atoms with van der Waals surface area (Å²) in [7, 11) is 1.64. The number of anilines is 2. The lowest BCUT2D eigenvalue weighted by molar-refractivity contribution is -0.00876. The Kier molecular flexibility index (Phi) is 5.83. The number of aromatic nitrogens is 4. The summed E-state index contributed by atoms with van der Waals surface area (Å²) in [4.78, 5) is 16.6. The number of fused-ring (bicyclic) bond motifs is 5. The van der Waals surface area contributed by atoms with Gasteiger partial charge >= 0.3 is 0 Å². The fraction of sp³-hybridized carbons (Fsp3) is 0.387. The van der Waals surface area contributed by atoms with Crippen LogP contribution in [0.4, 0.5) is 11.5 Å². The molecule has 10 rings (SSSR count). The summed E-state index contributed by atoms with van der Waals surface area (Å²) < 4.78 is 7.02. The van der Waals surface area contributed by atoms with Crippen LogP contribution in [0.25, 0.3) is 16.6 Å². The van der Waals surface area contributed by atoms with Crippen LogP contribution < -0.4 is 14.5 Å². The number of piperidine rings is 2. The number of methoxy groups -OCH3 is 1. The molecular weight excluding hydrogens is 525 g/mol. The second-order valence-electron chi connectivity index (χ2n) is 12.1. The van der Waals surface area contributed by atoms with Gasteiger partial charge in [0.1, 0.15) is 11.9 Å². The van der Waals surface area contributed by atoms with Gasteiger partial charge in [0, 0.05) is 80.4 Å². The Labute approximate surface area is 244 Å². The molecule has 10 nitrogen and oxygen atoms in total. The minimum Gasteiger partial charge on any atom is -0.481 e. The van der Waals surface area contributed by atoms with Crippen LogP contribution >= 0.6 is 0 Å². The minimum absolute atomic E-state index is 0.184. The lowest BCUT2D eigenvalue weighted by Gasteiger charge is -2.56. The van der Waals surface area contributed by atoms with E-state index in [-0.39, 0.29) is 6.71 Å². The van der Waals surface area contributed by atoms with E-state index in [1.165, 1.54) is 12.0 Å². The third-order valence-corrected chi connectivity index (χ3v) is 9.86. The van der Waals surface area contributed by atoms with E-state index in [0.717, 1.165) is 67.3 Å². The molecule has 6 aliphatic heterocycles. The highest BCUT2D eigenvalue weighted by Crippen LogP contribution is 2.49. The number of ether oxygens (including phenoxy) is 1. The number of nitriles is 2. The number of rotatable bonds is 6. The van der Waals surface area contributed by atoms with E-state index in [9.17, 15) is 10.5 Å². The highest BCUT2D eigenvalue weighted by molar-refractivity contribution is 6.73. The largest absolute Gasteiger partial charge is 0.481 e. The van der Waals surface area contributed by atoms with Gasteiger partial charge in [0.2, 0.25) is 5.88 Å². The molecule has 6 fully saturated rings. The van der Waals surface area contributed by atoms with Gasteiger partial charge < -0.3 is 14.5 Å². The fourth-order valence-corrected chi connectivity index (χ4v) is 7.59. The van der Waals surface area contributed by atoms with E-state index in [4.69, 9.17) is 9.72 Å². The summed E-state index contributed by atoms with van der Waals surface area (Å²) >= 11 is 0. The summed E-state index contributed by atoms with van der Waals surface area (Å²) in [6.07, 6.45) is 9.85. The monoisotopic (exact) mass is 555 g/mol. The average Bonchev–Trinajstić information content (AvgIpc) is 3.47. The lowest BCUT2D eigenvalue weighted by atomic mass is 9.23. The van der Waals surface area contributed by atoms with Gasteiger partial charge in [-0.3, -0.25) is 4.90 Å². The minimum atomic E-state index is 0.184. The van der Waals surface area contributed by atoms with Gasteiger partial charge in [-0.25, -0.2) is 19.7 Å². The van der Waals surface area contributed by atoms with Gasteiger partial charge in [-0.05, 0) is 41.8 Å². The quantitative estimate of drug-likeness (QED) is 0.329. The van der Waals surface area contributed by atoms with Crippen LogP contribution in [0, 0.1) is 22.6 Å². The van der Waals surface area contributed by atoms with Gasteiger partial charge in [0.15, 0.2) is 0 Å². The third kappa shape index (κ3) is 3.99. The van der Waals surface area contributed by atoms with Crippen molar-refractivity contribution in [3.8, 4) is 29.0 Å². The summed E-state index contributed by atoms with van der Waals surface area (Å²) in [6.45, 7) is 4.76. The Morgan fingerprint density at radius 1 is 0.952 bits per heavy atom. The Bertz CT molecular complexity index is 1720. The van der Waals surface area contributed by atoms with Gasteiger partial charge in [0.25, 0.3) is 6.71 Å². The highest BCUT2D eigenvalue weighted by Gasteiger charge is 2.50. The van der Waals surface area contributed by atoms with Crippen LogP contribution in [0.5, 0.6) is 5.88 Å². The summed E-state index contributed by atoms with van der Waals surface area (Å²) in [5.74, 6) is 5.00. The molecule has 4 aromatic heterocycles. The smallest absolute Gasteiger partial charge is 0.277 e. The SMILES string of the molecule is COc1ccc(CN2C3CC2CN(c2ccc(-c4cc(N5CC6CC(C5)B6C#N)cn5ncc(C#N)c45)cn2)C3)cn1. The van der Waals surface area contributed by atoms with Crippen molar-refractivity contribution in [1.29, 1.82) is 10.5 Å². The average molecular weight is 555 g/mol. The Hall–Kier alpha value is -4.61. The van der Waals surface area contributed by atoms with E-state index in [0.29, 0.717) is 35.2 Å². The number of piperazine rings is 1. The van der Waals surface area contributed by atoms with Crippen LogP contribution in [-0.4, -0.2) is 76.6 Å². The molecule has 0 radical (unpaired) electrons. The standard InChI is InChI=1S/C31H30BN9O/c1-42-30-5-2-20(10-36-30)13-40-26-7-27(40)17-39(16-26)29-4-3-21(11-35-29)28-8-25(18-41-31(28)22(9-33)12-37-41)38-14-23-6-24(15-38)32(23)19-34/h2-5,8,10-12,18,23-24,26-27H,6-7,13-17H2,1H3. The van der Waals surface area contributed by atoms with E-state index < -0.39 is 0 Å². The van der Waals surface area contributed by atoms with Crippen LogP contribution in [0.1, 0.15) is 24.0 Å². The van der Waals surface area contributed by atoms with Crippen molar-refractivity contribution in [2.24, 2.45) is 0 Å². The molecule has 208 valence electrons. The molecule has 0 aromatic carbocycles. The molecule has 4 unspecified atom stereocenters. The summed E-state index contributed by atoms with van der Waals surface area (Å²) in [5, 5.41) is 23.8. The van der Waals surface area contributed by atoms with Gasteiger partial charge in [-0.2, -0.15) is 10.4 Å². The molecule has 0 saturated carbocycles. The fourth-order valence-electron chi connectivity index (χ4n) is 7.59. The number of pyridine rings is 3. The second kappa shape index (κ2) is 9.75. The zero-order valence-corrected chi connectivity index (χ0v) is 23.5. The van der Waals surface area contributed by atoms with E-state index in [1.807, 2.05) is 29.2 Å². The molecule has 0 spiro atoms. The van der Waals surface area contributed by atoms with Crippen molar-refractivity contribution in [3.63, 3.8) is 0 Å². The van der Waals surface area contributed by atoms with Crippen LogP contribution in [0.2, 0.25) is 11.6 Å². The molecule has 0 N–H and O–H groups in total. The maximum Gasteiger partial charge on any atom is 0.277 e. The molecule has 0 amide bonds. The molecule has 4 aromatic rings. The zero-order chi connectivity index (χ0) is 28.4. The van der Waals surface area contributed by atoms with Crippen molar-refractivity contribution < 1.29 is 4.74 Å². The predicted molar refractivity (Wildman–Crippen MR) is 160 cm³/mol. The first-order chi connectivity index (χ1) is 20.6. The number of nitrogens with zero attached hydrogens (tertiary/aromatic N) is 9. The Morgan fingerprint density at radius 3 is 2.45 bits per heavy atom. The molecule has 10 heterocycles. The first-order valence-corrected chi connectivity index (χ1v) is 14.6. The van der Waals surface area contributed by atoms with E-state index in [2.05, 4.69) is 61.1 Å². The zero-order valence-electron chi connectivity index (χ0n) is 23.5. The van der Waals surface area contributed by atoms with Gasteiger partial charge in [0.05, 0.1) is 36.3 Å². The van der Waals surface area contributed by atoms with Gasteiger partial charge in [-0.1, -0.05) is 12.5 Å². The van der Waals surface area contributed by atoms with Crippen molar-refractivity contribution in [2.45, 2.75) is 43.1 Å². The molecular formula is C31H30BN9O. The van der Waals surface area contributed by atoms with Crippen LogP contribution in [0.3, 0.4) is 0 Å². The summed E-state index contributed by atoms with van der Waals surface area (Å²) in [5.41, 5.74) is 5.56. The van der Waals surface area contributed by atoms with Crippen LogP contribution in [0.15, 0.2) is 55.1 Å². The highest BCUT2D eigenvalue weighted by atomic mass is 16.5. The third-order valence-electron chi connectivity index (χ3n) is 9.86. The van der Waals surface area contributed by atoms with Crippen LogP contribution in [-0.2, 0) is 6.54 Å². The predicted octanol–water partition coefficient (Wildman–Crippen LogP) is 3.66. The number of hydrogen-bond donors (Lipinski definition) is 0. The van der Waals surface area contributed by atoms with E-state index >= 15 is 0 Å². The Morgan fingerprint density at radius 2 is 1.79 bits per heavy atom. The van der Waals surface area contributed by atoms with Crippen molar-refractivity contribution in [3.05, 3.63) is 66.2 Å². The van der Waals surface area contributed by atoms with Crippen molar-refractivity contribution in [1.82, 2.24) is 24.5 Å². The molecule has 0 aliphatic carbocycles. The molecule has 6 aliphatic rings. The van der Waals surface area contributed by atoms with E-state index in [1.54, 1.807) is 13.3 Å². The molecule has 4 atom stereocenters. The molecule has 11 heteroatoms. The molecule has 4 bridgehead atoms. The first kappa shape index (κ1) is 25.1. The topological polar surface area (TPSA) is 110 Å². The van der Waals surface area contributed by atoms with Crippen molar-refractivity contribution in [2.75, 3.05) is 43.1 Å². The number of hydrogen-bond acceptors (Lipinski definition) is 9. The maximum absolute atomic E-state index is 9.81.